The van der Waals surface area contributed by atoms with Crippen molar-refractivity contribution in [3.8, 4) is 0 Å². The second-order valence-corrected chi connectivity index (χ2v) is 4.33. The van der Waals surface area contributed by atoms with E-state index in [9.17, 15) is 28.8 Å². The predicted molar refractivity (Wildman–Crippen MR) is 82.1 cm³/mol. The molecule has 0 aromatic heterocycles. The number of carbonyl (C=O) groups is 6. The molecule has 0 heterocycles. The summed E-state index contributed by atoms with van der Waals surface area (Å²) in [5.74, 6) is -7.61. The third kappa shape index (κ3) is 14.1. The van der Waals surface area contributed by atoms with Crippen LogP contribution in [0.25, 0.3) is 0 Å². The molecule has 0 aliphatic heterocycles. The number of carboxylic acids is 3. The maximum atomic E-state index is 11.4. The summed E-state index contributed by atoms with van der Waals surface area (Å²) in [7, 11) is 0. The summed E-state index contributed by atoms with van der Waals surface area (Å²) in [5.41, 5.74) is 0. The highest BCUT2D eigenvalue weighted by molar-refractivity contribution is 5.92. The number of carbonyl (C=O) groups excluding carboxylic acids is 3. The van der Waals surface area contributed by atoms with Crippen molar-refractivity contribution in [2.24, 2.45) is 0 Å². The zero-order valence-electron chi connectivity index (χ0n) is 13.5. The molecular weight excluding hydrogens is 372 g/mol. The number of carboxylic acid groups (broad SMARTS) is 3. The fraction of sp³-hybridized carbons (Fsp3) is 0.200. The highest BCUT2D eigenvalue weighted by Gasteiger charge is 2.18. The Balaban J connectivity index is 4.83. The number of rotatable bonds is 11. The van der Waals surface area contributed by atoms with E-state index in [1.165, 1.54) is 0 Å². The molecular formula is C15H14O12. The van der Waals surface area contributed by atoms with Crippen molar-refractivity contribution < 1.29 is 58.3 Å². The van der Waals surface area contributed by atoms with E-state index in [0.717, 1.165) is 0 Å². The molecule has 0 saturated carbocycles. The summed E-state index contributed by atoms with van der Waals surface area (Å²) in [5, 5.41) is 25.2. The monoisotopic (exact) mass is 386 g/mol. The molecule has 0 radical (unpaired) electrons. The molecule has 0 saturated heterocycles. The predicted octanol–water partition coefficient (Wildman–Crippen LogP) is -1.09. The van der Waals surface area contributed by atoms with Gasteiger partial charge in [0.2, 0.25) is 0 Å². The zero-order chi connectivity index (χ0) is 20.8. The molecule has 0 fully saturated rings. The minimum Gasteiger partial charge on any atom is -0.478 e. The standard InChI is InChI=1S/C15H14O12/c16-10(17)1-4-13(22)25-7-9(27-15(24)6-3-12(20)21)8-26-14(23)5-2-11(18)19/h1-6,9H,7-8H2,(H,16,17)(H,18,19)(H,20,21)/b4-1-,5-2-,6-3-. The number of ether oxygens (including phenoxy) is 3. The average molecular weight is 386 g/mol. The lowest BCUT2D eigenvalue weighted by molar-refractivity contribution is -0.160. The molecule has 0 aromatic rings. The van der Waals surface area contributed by atoms with Crippen LogP contribution in [0.2, 0.25) is 0 Å². The van der Waals surface area contributed by atoms with Gasteiger partial charge in [-0.3, -0.25) is 0 Å². The fourth-order valence-electron chi connectivity index (χ4n) is 1.18. The van der Waals surface area contributed by atoms with Gasteiger partial charge >= 0.3 is 35.8 Å². The quantitative estimate of drug-likeness (QED) is 0.221. The minimum absolute atomic E-state index is 0.475. The van der Waals surface area contributed by atoms with Gasteiger partial charge in [-0.05, 0) is 0 Å². The minimum atomic E-state index is -1.43. The van der Waals surface area contributed by atoms with Gasteiger partial charge in [-0.1, -0.05) is 0 Å². The van der Waals surface area contributed by atoms with Crippen LogP contribution in [0.3, 0.4) is 0 Å². The smallest absolute Gasteiger partial charge is 0.331 e. The molecule has 12 heteroatoms. The lowest BCUT2D eigenvalue weighted by Gasteiger charge is -2.16. The van der Waals surface area contributed by atoms with Crippen LogP contribution in [-0.2, 0) is 43.0 Å². The second-order valence-electron chi connectivity index (χ2n) is 4.33. The van der Waals surface area contributed by atoms with Gasteiger partial charge in [-0.2, -0.15) is 0 Å². The topological polar surface area (TPSA) is 191 Å². The van der Waals surface area contributed by atoms with Crippen molar-refractivity contribution in [3.63, 3.8) is 0 Å². The van der Waals surface area contributed by atoms with Crippen molar-refractivity contribution in [2.75, 3.05) is 13.2 Å². The van der Waals surface area contributed by atoms with Gasteiger partial charge in [0.25, 0.3) is 0 Å². The summed E-state index contributed by atoms with van der Waals surface area (Å²) >= 11 is 0. The van der Waals surface area contributed by atoms with Crippen LogP contribution in [-0.4, -0.2) is 70.5 Å². The van der Waals surface area contributed by atoms with E-state index in [2.05, 4.69) is 9.47 Å². The van der Waals surface area contributed by atoms with Crippen LogP contribution in [0.15, 0.2) is 36.5 Å². The van der Waals surface area contributed by atoms with E-state index >= 15 is 0 Å². The summed E-state index contributed by atoms with van der Waals surface area (Å²) < 4.78 is 13.9. The largest absolute Gasteiger partial charge is 0.478 e. The first kappa shape index (κ1) is 23.0. The van der Waals surface area contributed by atoms with Crippen molar-refractivity contribution in [3.05, 3.63) is 36.5 Å². The Morgan fingerprint density at radius 3 is 1.26 bits per heavy atom. The van der Waals surface area contributed by atoms with Gasteiger partial charge in [-0.25, -0.2) is 28.8 Å². The van der Waals surface area contributed by atoms with E-state index in [0.29, 0.717) is 36.5 Å². The Labute approximate surface area is 150 Å². The van der Waals surface area contributed by atoms with Crippen molar-refractivity contribution in [1.29, 1.82) is 0 Å². The van der Waals surface area contributed by atoms with Gasteiger partial charge in [-0.15, -0.1) is 0 Å². The highest BCUT2D eigenvalue weighted by Crippen LogP contribution is 2.00. The Morgan fingerprint density at radius 1 is 0.593 bits per heavy atom. The van der Waals surface area contributed by atoms with Crippen molar-refractivity contribution in [2.45, 2.75) is 6.10 Å². The lowest BCUT2D eigenvalue weighted by Crippen LogP contribution is -2.30. The van der Waals surface area contributed by atoms with Crippen LogP contribution >= 0.6 is 0 Å². The first-order chi connectivity index (χ1) is 12.6. The first-order valence-electron chi connectivity index (χ1n) is 6.87. The fourth-order valence-corrected chi connectivity index (χ4v) is 1.18. The molecule has 3 N–H and O–H groups in total. The van der Waals surface area contributed by atoms with Crippen molar-refractivity contribution in [1.82, 2.24) is 0 Å². The average Bonchev–Trinajstić information content (AvgIpc) is 2.58. The lowest BCUT2D eigenvalue weighted by atomic mass is 10.4. The van der Waals surface area contributed by atoms with Crippen LogP contribution in [0.4, 0.5) is 0 Å². The van der Waals surface area contributed by atoms with Gasteiger partial charge in [0.05, 0.1) is 0 Å². The molecule has 0 bridgehead atoms. The normalized spacial score (nSPS) is 11.0. The molecule has 27 heavy (non-hydrogen) atoms. The number of hydrogen-bond donors (Lipinski definition) is 3. The summed E-state index contributed by atoms with van der Waals surface area (Å²) in [6.07, 6.45) is 1.79. The highest BCUT2D eigenvalue weighted by atomic mass is 16.6. The Kier molecular flexibility index (Phi) is 10.6. The Morgan fingerprint density at radius 2 is 0.926 bits per heavy atom. The Bertz CT molecular complexity index is 645. The number of hydrogen-bond acceptors (Lipinski definition) is 9. The maximum Gasteiger partial charge on any atom is 0.331 e. The van der Waals surface area contributed by atoms with E-state index in [1.54, 1.807) is 0 Å². The first-order valence-corrected chi connectivity index (χ1v) is 6.87. The Hall–Kier alpha value is -3.96. The van der Waals surface area contributed by atoms with E-state index in [1.807, 2.05) is 0 Å². The summed E-state index contributed by atoms with van der Waals surface area (Å²) in [6, 6.07) is 0. The molecule has 146 valence electrons. The second kappa shape index (κ2) is 12.4. The zero-order valence-corrected chi connectivity index (χ0v) is 13.5. The van der Waals surface area contributed by atoms with Crippen LogP contribution in [0.5, 0.6) is 0 Å². The van der Waals surface area contributed by atoms with E-state index in [-0.39, 0.29) is 0 Å². The molecule has 0 aliphatic rings. The summed E-state index contributed by atoms with van der Waals surface area (Å²) in [6.45, 7) is -1.32. The SMILES string of the molecule is O=C(O)/C=C\C(=O)OCC(COC(=O)/C=C\C(=O)O)OC(=O)/C=C\C(=O)O. The van der Waals surface area contributed by atoms with Gasteiger partial charge in [0.15, 0.2) is 6.10 Å². The third-order valence-corrected chi connectivity index (χ3v) is 2.19. The number of aliphatic carboxylic acids is 3. The molecule has 0 atom stereocenters. The van der Waals surface area contributed by atoms with Crippen LogP contribution in [0, 0.1) is 0 Å². The van der Waals surface area contributed by atoms with Crippen LogP contribution < -0.4 is 0 Å². The third-order valence-electron chi connectivity index (χ3n) is 2.19. The number of esters is 3. The van der Waals surface area contributed by atoms with Gasteiger partial charge in [0, 0.05) is 36.5 Å². The van der Waals surface area contributed by atoms with Crippen LogP contribution in [0.1, 0.15) is 0 Å². The summed E-state index contributed by atoms with van der Waals surface area (Å²) in [4.78, 5) is 64.9. The molecule has 0 spiro atoms. The van der Waals surface area contributed by atoms with Gasteiger partial charge in [0.1, 0.15) is 13.2 Å². The van der Waals surface area contributed by atoms with Crippen molar-refractivity contribution >= 4 is 35.8 Å². The van der Waals surface area contributed by atoms with E-state index in [4.69, 9.17) is 20.1 Å². The molecule has 0 rings (SSSR count). The van der Waals surface area contributed by atoms with E-state index < -0.39 is 55.1 Å². The van der Waals surface area contributed by atoms with Gasteiger partial charge < -0.3 is 29.5 Å². The molecule has 12 nitrogen and oxygen atoms in total. The molecule has 0 aliphatic carbocycles. The molecule has 0 amide bonds. The maximum absolute atomic E-state index is 11.4. The molecule has 0 unspecified atom stereocenters. The molecule has 0 aromatic carbocycles.